The number of hydrogen-bond acceptors (Lipinski definition) is 2. The molecule has 3 heteroatoms. The number of para-hydroxylation sites is 1. The first-order valence-corrected chi connectivity index (χ1v) is 8.66. The Kier molecular flexibility index (Phi) is 9.60. The van der Waals surface area contributed by atoms with Gasteiger partial charge in [-0.1, -0.05) is 57.7 Å². The van der Waals surface area contributed by atoms with E-state index in [0.29, 0.717) is 6.54 Å². The molecule has 0 radical (unpaired) electrons. The molecule has 2 aromatic rings. The Hall–Kier alpha value is -1.32. The monoisotopic (exact) mass is 304 g/mol. The summed E-state index contributed by atoms with van der Waals surface area (Å²) in [5.41, 5.74) is 8.01. The van der Waals surface area contributed by atoms with Crippen molar-refractivity contribution >= 4 is 10.9 Å². The second-order valence-electron chi connectivity index (χ2n) is 5.84. The Morgan fingerprint density at radius 3 is 2.32 bits per heavy atom. The topological polar surface area (TPSA) is 62.0 Å². The molecule has 1 aromatic heterocycles. The van der Waals surface area contributed by atoms with Gasteiger partial charge in [-0.15, -0.1) is 0 Å². The molecule has 0 aliphatic heterocycles. The lowest BCUT2D eigenvalue weighted by Gasteiger charge is -2.07. The fourth-order valence-electron chi connectivity index (χ4n) is 2.52. The number of aliphatic hydroxyl groups is 1. The van der Waals surface area contributed by atoms with Crippen LogP contribution < -0.4 is 5.73 Å². The quantitative estimate of drug-likeness (QED) is 0.677. The number of rotatable bonds is 8. The molecule has 0 aliphatic rings. The van der Waals surface area contributed by atoms with Crippen molar-refractivity contribution in [1.82, 2.24) is 4.98 Å². The average molecular weight is 304 g/mol. The van der Waals surface area contributed by atoms with Gasteiger partial charge >= 0.3 is 0 Å². The van der Waals surface area contributed by atoms with Crippen molar-refractivity contribution in [3.63, 3.8) is 0 Å². The summed E-state index contributed by atoms with van der Waals surface area (Å²) in [7, 11) is 0. The maximum absolute atomic E-state index is 9.31. The standard InChI is InChI=1S/C10H12N2.C9H20O/c11-6-5-8-7-12-10-4-2-1-3-9(8)10;1-3-5-7-9(10)8-6-4-2/h1-4,7,12H,5-6,11H2;9-10H,3-8H2,1-2H3. The highest BCUT2D eigenvalue weighted by Gasteiger charge is 2.01. The molecular formula is C19H32N2O. The lowest BCUT2D eigenvalue weighted by Crippen LogP contribution is -2.05. The third-order valence-electron chi connectivity index (χ3n) is 3.87. The zero-order valence-electron chi connectivity index (χ0n) is 14.1. The number of nitrogens with two attached hydrogens (primary N) is 1. The lowest BCUT2D eigenvalue weighted by atomic mass is 10.1. The number of aromatic amines is 1. The lowest BCUT2D eigenvalue weighted by molar-refractivity contribution is 0.149. The summed E-state index contributed by atoms with van der Waals surface area (Å²) in [6, 6.07) is 8.29. The summed E-state index contributed by atoms with van der Waals surface area (Å²) in [6.07, 6.45) is 9.69. The van der Waals surface area contributed by atoms with Gasteiger partial charge < -0.3 is 15.8 Å². The van der Waals surface area contributed by atoms with Crippen molar-refractivity contribution in [2.45, 2.75) is 64.9 Å². The van der Waals surface area contributed by atoms with Crippen molar-refractivity contribution in [2.24, 2.45) is 5.73 Å². The van der Waals surface area contributed by atoms with Gasteiger partial charge in [0.1, 0.15) is 0 Å². The number of hydrogen-bond donors (Lipinski definition) is 3. The molecule has 1 heterocycles. The molecule has 1 aromatic carbocycles. The summed E-state index contributed by atoms with van der Waals surface area (Å²) in [5.74, 6) is 0. The first kappa shape index (κ1) is 18.7. The first-order valence-electron chi connectivity index (χ1n) is 8.66. The van der Waals surface area contributed by atoms with Crippen LogP contribution in [-0.2, 0) is 6.42 Å². The second-order valence-corrected chi connectivity index (χ2v) is 5.84. The first-order chi connectivity index (χ1) is 10.7. The van der Waals surface area contributed by atoms with Crippen molar-refractivity contribution in [2.75, 3.05) is 6.54 Å². The Labute approximate surface area is 134 Å². The van der Waals surface area contributed by atoms with E-state index in [0.717, 1.165) is 19.3 Å². The molecule has 0 saturated carbocycles. The number of nitrogens with one attached hydrogen (secondary N) is 1. The van der Waals surface area contributed by atoms with E-state index in [1.807, 2.05) is 12.3 Å². The van der Waals surface area contributed by atoms with E-state index in [1.165, 1.54) is 42.1 Å². The molecule has 2 rings (SSSR count). The van der Waals surface area contributed by atoms with Crippen molar-refractivity contribution in [1.29, 1.82) is 0 Å². The predicted molar refractivity (Wildman–Crippen MR) is 96.1 cm³/mol. The Balaban J connectivity index is 0.000000225. The van der Waals surface area contributed by atoms with E-state index in [9.17, 15) is 5.11 Å². The molecule has 0 saturated heterocycles. The number of aliphatic hydroxyl groups excluding tert-OH is 1. The maximum atomic E-state index is 9.31. The molecule has 0 unspecified atom stereocenters. The van der Waals surface area contributed by atoms with Crippen LogP contribution in [-0.4, -0.2) is 22.7 Å². The van der Waals surface area contributed by atoms with Crippen LogP contribution in [0.1, 0.15) is 57.9 Å². The van der Waals surface area contributed by atoms with Gasteiger partial charge in [-0.05, 0) is 37.4 Å². The SMILES string of the molecule is CCCCC(O)CCCC.NCCc1c[nH]c2ccccc12. The maximum Gasteiger partial charge on any atom is 0.0540 e. The fourth-order valence-corrected chi connectivity index (χ4v) is 2.52. The number of aromatic nitrogens is 1. The molecular weight excluding hydrogens is 272 g/mol. The van der Waals surface area contributed by atoms with Gasteiger partial charge in [0.05, 0.1) is 6.10 Å². The van der Waals surface area contributed by atoms with Crippen LogP contribution in [0, 0.1) is 0 Å². The van der Waals surface area contributed by atoms with Gasteiger partial charge in [-0.25, -0.2) is 0 Å². The van der Waals surface area contributed by atoms with Crippen LogP contribution in [0.5, 0.6) is 0 Å². The van der Waals surface area contributed by atoms with E-state index in [-0.39, 0.29) is 6.10 Å². The smallest absolute Gasteiger partial charge is 0.0540 e. The van der Waals surface area contributed by atoms with Gasteiger partial charge in [0, 0.05) is 17.1 Å². The number of benzene rings is 1. The zero-order chi connectivity index (χ0) is 16.2. The van der Waals surface area contributed by atoms with Gasteiger partial charge in [0.25, 0.3) is 0 Å². The van der Waals surface area contributed by atoms with Gasteiger partial charge in [0.15, 0.2) is 0 Å². The molecule has 124 valence electrons. The fraction of sp³-hybridized carbons (Fsp3) is 0.579. The van der Waals surface area contributed by atoms with Gasteiger partial charge in [0.2, 0.25) is 0 Å². The van der Waals surface area contributed by atoms with E-state index < -0.39 is 0 Å². The van der Waals surface area contributed by atoms with Crippen LogP contribution >= 0.6 is 0 Å². The van der Waals surface area contributed by atoms with Gasteiger partial charge in [-0.2, -0.15) is 0 Å². The predicted octanol–water partition coefficient (Wildman–Crippen LogP) is 4.40. The third-order valence-corrected chi connectivity index (χ3v) is 3.87. The Morgan fingerprint density at radius 2 is 1.73 bits per heavy atom. The molecule has 22 heavy (non-hydrogen) atoms. The average Bonchev–Trinajstić information content (AvgIpc) is 2.95. The molecule has 3 nitrogen and oxygen atoms in total. The second kappa shape index (κ2) is 11.3. The van der Waals surface area contributed by atoms with E-state index in [2.05, 4.69) is 37.0 Å². The minimum atomic E-state index is -0.0279. The summed E-state index contributed by atoms with van der Waals surface area (Å²) < 4.78 is 0. The van der Waals surface area contributed by atoms with Gasteiger partial charge in [-0.3, -0.25) is 0 Å². The molecule has 0 amide bonds. The minimum absolute atomic E-state index is 0.0279. The molecule has 0 atom stereocenters. The van der Waals surface area contributed by atoms with Crippen LogP contribution in [0.15, 0.2) is 30.5 Å². The normalized spacial score (nSPS) is 10.8. The highest BCUT2D eigenvalue weighted by Crippen LogP contribution is 2.17. The molecule has 0 aliphatic carbocycles. The molecule has 4 N–H and O–H groups in total. The Bertz CT molecular complexity index is 499. The summed E-state index contributed by atoms with van der Waals surface area (Å²) >= 11 is 0. The highest BCUT2D eigenvalue weighted by molar-refractivity contribution is 5.82. The van der Waals surface area contributed by atoms with Crippen LogP contribution in [0.2, 0.25) is 0 Å². The zero-order valence-corrected chi connectivity index (χ0v) is 14.1. The van der Waals surface area contributed by atoms with E-state index in [1.54, 1.807) is 0 Å². The van der Waals surface area contributed by atoms with Crippen LogP contribution in [0.3, 0.4) is 0 Å². The van der Waals surface area contributed by atoms with E-state index in [4.69, 9.17) is 5.73 Å². The number of H-pyrrole nitrogens is 1. The molecule has 0 bridgehead atoms. The minimum Gasteiger partial charge on any atom is -0.393 e. The summed E-state index contributed by atoms with van der Waals surface area (Å²) in [6.45, 7) is 5.03. The third kappa shape index (κ3) is 6.63. The highest BCUT2D eigenvalue weighted by atomic mass is 16.3. The summed E-state index contributed by atoms with van der Waals surface area (Å²) in [4.78, 5) is 3.22. The van der Waals surface area contributed by atoms with Crippen molar-refractivity contribution in [3.8, 4) is 0 Å². The number of fused-ring (bicyclic) bond motifs is 1. The largest absolute Gasteiger partial charge is 0.393 e. The van der Waals surface area contributed by atoms with Crippen LogP contribution in [0.25, 0.3) is 10.9 Å². The molecule has 0 spiro atoms. The van der Waals surface area contributed by atoms with Crippen LogP contribution in [0.4, 0.5) is 0 Å². The van der Waals surface area contributed by atoms with Crippen molar-refractivity contribution in [3.05, 3.63) is 36.0 Å². The molecule has 0 fully saturated rings. The van der Waals surface area contributed by atoms with E-state index >= 15 is 0 Å². The number of unbranched alkanes of at least 4 members (excludes halogenated alkanes) is 2. The Morgan fingerprint density at radius 1 is 1.09 bits per heavy atom. The van der Waals surface area contributed by atoms with Crippen molar-refractivity contribution < 1.29 is 5.11 Å². The summed E-state index contributed by atoms with van der Waals surface area (Å²) in [5, 5.41) is 10.6.